The van der Waals surface area contributed by atoms with Crippen LogP contribution in [0.1, 0.15) is 29.9 Å². The molecule has 3 rings (SSSR count). The molecular formula is C17H17FIN. The van der Waals surface area contributed by atoms with E-state index in [2.05, 4.69) is 53.0 Å². The monoisotopic (exact) mass is 381 g/mol. The largest absolute Gasteiger partial charge is 0.382 e. The van der Waals surface area contributed by atoms with Crippen molar-refractivity contribution in [1.29, 1.82) is 0 Å². The van der Waals surface area contributed by atoms with E-state index >= 15 is 0 Å². The zero-order valence-corrected chi connectivity index (χ0v) is 13.5. The third kappa shape index (κ3) is 2.97. The van der Waals surface area contributed by atoms with E-state index in [1.54, 1.807) is 12.1 Å². The second kappa shape index (κ2) is 5.72. The summed E-state index contributed by atoms with van der Waals surface area (Å²) in [7, 11) is 0. The van der Waals surface area contributed by atoms with Crippen LogP contribution in [0, 0.1) is 16.3 Å². The van der Waals surface area contributed by atoms with Crippen molar-refractivity contribution in [1.82, 2.24) is 0 Å². The molecule has 0 heterocycles. The minimum absolute atomic E-state index is 0.132. The first-order valence-corrected chi connectivity index (χ1v) is 7.98. The molecule has 0 spiro atoms. The van der Waals surface area contributed by atoms with E-state index in [0.29, 0.717) is 12.0 Å². The minimum Gasteiger partial charge on any atom is -0.382 e. The van der Waals surface area contributed by atoms with Crippen molar-refractivity contribution >= 4 is 28.3 Å². The number of benzene rings is 2. The van der Waals surface area contributed by atoms with E-state index in [1.807, 2.05) is 6.07 Å². The fraction of sp³-hybridized carbons (Fsp3) is 0.294. The third-order valence-electron chi connectivity index (χ3n) is 4.01. The van der Waals surface area contributed by atoms with Crippen LogP contribution >= 0.6 is 22.6 Å². The SMILES string of the molecule is Cc1cc(I)ccc1NC1CC(c2cccc(F)c2)C1. The number of aryl methyl sites for hydroxylation is 1. The standard InChI is InChI=1S/C17H17FIN/c1-11-7-15(19)5-6-17(11)20-16-9-13(10-16)12-3-2-4-14(18)8-12/h2-8,13,16,20H,9-10H2,1H3. The Bertz CT molecular complexity index is 620. The van der Waals surface area contributed by atoms with Gasteiger partial charge in [0.2, 0.25) is 0 Å². The summed E-state index contributed by atoms with van der Waals surface area (Å²) in [6.07, 6.45) is 2.16. The molecule has 0 bridgehead atoms. The summed E-state index contributed by atoms with van der Waals surface area (Å²) in [5, 5.41) is 3.59. The zero-order valence-electron chi connectivity index (χ0n) is 11.4. The lowest BCUT2D eigenvalue weighted by molar-refractivity contribution is 0.373. The van der Waals surface area contributed by atoms with Gasteiger partial charge in [-0.3, -0.25) is 0 Å². The predicted octanol–water partition coefficient (Wildman–Crippen LogP) is 5.10. The number of anilines is 1. The van der Waals surface area contributed by atoms with Crippen LogP contribution < -0.4 is 5.32 Å². The van der Waals surface area contributed by atoms with Gasteiger partial charge in [-0.05, 0) is 89.7 Å². The summed E-state index contributed by atoms with van der Waals surface area (Å²) in [5.41, 5.74) is 3.63. The molecule has 0 radical (unpaired) electrons. The number of nitrogens with one attached hydrogen (secondary N) is 1. The van der Waals surface area contributed by atoms with Gasteiger partial charge < -0.3 is 5.32 Å². The van der Waals surface area contributed by atoms with Crippen molar-refractivity contribution in [2.24, 2.45) is 0 Å². The summed E-state index contributed by atoms with van der Waals surface area (Å²) >= 11 is 2.33. The Hall–Kier alpha value is -1.10. The number of hydrogen-bond acceptors (Lipinski definition) is 1. The van der Waals surface area contributed by atoms with E-state index in [4.69, 9.17) is 0 Å². The molecule has 20 heavy (non-hydrogen) atoms. The van der Waals surface area contributed by atoms with Crippen molar-refractivity contribution in [3.8, 4) is 0 Å². The van der Waals surface area contributed by atoms with Crippen molar-refractivity contribution in [2.45, 2.75) is 31.7 Å². The van der Waals surface area contributed by atoms with Gasteiger partial charge in [0.05, 0.1) is 0 Å². The molecule has 1 saturated carbocycles. The van der Waals surface area contributed by atoms with E-state index in [9.17, 15) is 4.39 Å². The maximum Gasteiger partial charge on any atom is 0.123 e. The predicted molar refractivity (Wildman–Crippen MR) is 89.7 cm³/mol. The van der Waals surface area contributed by atoms with Crippen LogP contribution in [0.2, 0.25) is 0 Å². The van der Waals surface area contributed by atoms with Crippen LogP contribution in [0.25, 0.3) is 0 Å². The quantitative estimate of drug-likeness (QED) is 0.730. The lowest BCUT2D eigenvalue weighted by Crippen LogP contribution is -2.34. The average molecular weight is 381 g/mol. The highest BCUT2D eigenvalue weighted by Gasteiger charge is 2.30. The highest BCUT2D eigenvalue weighted by atomic mass is 127. The van der Waals surface area contributed by atoms with Crippen molar-refractivity contribution in [3.63, 3.8) is 0 Å². The molecule has 2 aromatic carbocycles. The Morgan fingerprint density at radius 2 is 1.95 bits per heavy atom. The first-order valence-electron chi connectivity index (χ1n) is 6.90. The summed E-state index contributed by atoms with van der Waals surface area (Å²) in [4.78, 5) is 0. The summed E-state index contributed by atoms with van der Waals surface area (Å²) in [5.74, 6) is 0.361. The Balaban J connectivity index is 1.61. The molecule has 0 aliphatic heterocycles. The van der Waals surface area contributed by atoms with Crippen LogP contribution in [0.5, 0.6) is 0 Å². The van der Waals surface area contributed by atoms with E-state index in [0.717, 1.165) is 18.4 Å². The molecule has 3 heteroatoms. The van der Waals surface area contributed by atoms with E-state index in [-0.39, 0.29) is 5.82 Å². The molecule has 1 fully saturated rings. The highest BCUT2D eigenvalue weighted by Crippen LogP contribution is 2.39. The van der Waals surface area contributed by atoms with Gasteiger partial charge in [0.15, 0.2) is 0 Å². The second-order valence-corrected chi connectivity index (χ2v) is 6.77. The highest BCUT2D eigenvalue weighted by molar-refractivity contribution is 14.1. The average Bonchev–Trinajstić information content (AvgIpc) is 2.35. The molecule has 1 aliphatic carbocycles. The summed E-state index contributed by atoms with van der Waals surface area (Å²) < 4.78 is 14.5. The fourth-order valence-corrected chi connectivity index (χ4v) is 3.42. The van der Waals surface area contributed by atoms with Gasteiger partial charge in [-0.1, -0.05) is 12.1 Å². The third-order valence-corrected chi connectivity index (χ3v) is 4.68. The van der Waals surface area contributed by atoms with Gasteiger partial charge in [0.1, 0.15) is 5.82 Å². The number of halogens is 2. The van der Waals surface area contributed by atoms with Crippen molar-refractivity contribution in [2.75, 3.05) is 5.32 Å². The Morgan fingerprint density at radius 3 is 2.65 bits per heavy atom. The molecule has 1 N–H and O–H groups in total. The molecule has 1 nitrogen and oxygen atoms in total. The topological polar surface area (TPSA) is 12.0 Å². The van der Waals surface area contributed by atoms with E-state index in [1.165, 1.54) is 20.9 Å². The number of rotatable bonds is 3. The van der Waals surface area contributed by atoms with Gasteiger partial charge >= 0.3 is 0 Å². The Kier molecular flexibility index (Phi) is 3.96. The normalized spacial score (nSPS) is 21.4. The molecule has 0 atom stereocenters. The second-order valence-electron chi connectivity index (χ2n) is 5.52. The minimum atomic E-state index is -0.132. The Labute approximate surface area is 132 Å². The van der Waals surface area contributed by atoms with Crippen LogP contribution in [0.15, 0.2) is 42.5 Å². The lowest BCUT2D eigenvalue weighted by atomic mass is 9.75. The van der Waals surface area contributed by atoms with Gasteiger partial charge in [0.25, 0.3) is 0 Å². The molecule has 0 unspecified atom stereocenters. The van der Waals surface area contributed by atoms with Gasteiger partial charge in [0, 0.05) is 15.3 Å². The first kappa shape index (κ1) is 13.9. The smallest absolute Gasteiger partial charge is 0.123 e. The van der Waals surface area contributed by atoms with Crippen LogP contribution in [-0.2, 0) is 0 Å². The molecule has 0 saturated heterocycles. The van der Waals surface area contributed by atoms with Crippen LogP contribution in [0.3, 0.4) is 0 Å². The van der Waals surface area contributed by atoms with Crippen LogP contribution in [-0.4, -0.2) is 6.04 Å². The molecular weight excluding hydrogens is 364 g/mol. The van der Waals surface area contributed by atoms with Crippen LogP contribution in [0.4, 0.5) is 10.1 Å². The molecule has 0 amide bonds. The van der Waals surface area contributed by atoms with Gasteiger partial charge in [-0.15, -0.1) is 0 Å². The van der Waals surface area contributed by atoms with Gasteiger partial charge in [-0.25, -0.2) is 4.39 Å². The Morgan fingerprint density at radius 1 is 1.15 bits per heavy atom. The van der Waals surface area contributed by atoms with Gasteiger partial charge in [-0.2, -0.15) is 0 Å². The molecule has 2 aromatic rings. The van der Waals surface area contributed by atoms with Crippen molar-refractivity contribution in [3.05, 3.63) is 63.0 Å². The number of hydrogen-bond donors (Lipinski definition) is 1. The van der Waals surface area contributed by atoms with E-state index < -0.39 is 0 Å². The summed E-state index contributed by atoms with van der Waals surface area (Å²) in [6, 6.07) is 14.0. The molecule has 1 aliphatic rings. The molecule has 104 valence electrons. The first-order chi connectivity index (χ1) is 9.61. The fourth-order valence-electron chi connectivity index (χ4n) is 2.78. The zero-order chi connectivity index (χ0) is 14.1. The summed E-state index contributed by atoms with van der Waals surface area (Å²) in [6.45, 7) is 2.13. The maximum absolute atomic E-state index is 13.2. The lowest BCUT2D eigenvalue weighted by Gasteiger charge is -2.37. The maximum atomic E-state index is 13.2. The molecule has 0 aromatic heterocycles. The van der Waals surface area contributed by atoms with Crippen molar-refractivity contribution < 1.29 is 4.39 Å².